The molecule has 0 unspecified atom stereocenters. The van der Waals surface area contributed by atoms with Crippen molar-refractivity contribution in [2.75, 3.05) is 15.4 Å². The van der Waals surface area contributed by atoms with E-state index in [1.54, 1.807) is 4.90 Å². The first-order valence-corrected chi connectivity index (χ1v) is 12.5. The van der Waals surface area contributed by atoms with Gasteiger partial charge in [-0.1, -0.05) is 26.3 Å². The first-order valence-electron chi connectivity index (χ1n) is 10.8. The summed E-state index contributed by atoms with van der Waals surface area (Å²) in [5.74, 6) is 0.749. The molecule has 2 N–H and O–H groups in total. The Kier molecular flexibility index (Phi) is 6.00. The lowest BCUT2D eigenvalue weighted by atomic mass is 9.99. The summed E-state index contributed by atoms with van der Waals surface area (Å²) in [5, 5.41) is 0.962. The number of hydrogen-bond donors (Lipinski definition) is 2. The first kappa shape index (κ1) is 21.4. The number of amides is 1. The highest BCUT2D eigenvalue weighted by Gasteiger charge is 2.30. The molecule has 0 aliphatic heterocycles. The Hall–Kier alpha value is -2.87. The minimum Gasteiger partial charge on any atom is -0.346 e. The molecule has 1 aliphatic carbocycles. The zero-order valence-corrected chi connectivity index (χ0v) is 18.7. The van der Waals surface area contributed by atoms with Crippen molar-refractivity contribution in [1.29, 1.82) is 0 Å². The van der Waals surface area contributed by atoms with Crippen LogP contribution in [-0.2, 0) is 21.2 Å². The van der Waals surface area contributed by atoms with E-state index in [2.05, 4.69) is 14.7 Å². The van der Waals surface area contributed by atoms with Gasteiger partial charge in [0.2, 0.25) is 16.4 Å². The van der Waals surface area contributed by atoms with Crippen LogP contribution in [-0.4, -0.2) is 36.6 Å². The average molecular weight is 441 g/mol. The van der Waals surface area contributed by atoms with Crippen molar-refractivity contribution in [3.8, 4) is 11.1 Å². The number of H-pyrrole nitrogens is 1. The highest BCUT2D eigenvalue weighted by molar-refractivity contribution is 7.92. The van der Waals surface area contributed by atoms with E-state index in [0.717, 1.165) is 53.4 Å². The molecule has 0 spiro atoms. The zero-order valence-electron chi connectivity index (χ0n) is 17.9. The molecule has 0 bridgehead atoms. The summed E-state index contributed by atoms with van der Waals surface area (Å²) in [6, 6.07) is 9.90. The number of unbranched alkanes of at least 4 members (excludes halogenated alkanes) is 1. The van der Waals surface area contributed by atoms with Crippen molar-refractivity contribution in [3.05, 3.63) is 42.1 Å². The van der Waals surface area contributed by atoms with Gasteiger partial charge in [-0.3, -0.25) is 14.4 Å². The number of aromatic amines is 1. The first-order chi connectivity index (χ1) is 15.0. The zero-order chi connectivity index (χ0) is 22.0. The number of nitrogens with zero attached hydrogens (tertiary/aromatic N) is 2. The van der Waals surface area contributed by atoms with E-state index >= 15 is 0 Å². The third kappa shape index (κ3) is 4.58. The number of pyridine rings is 1. The van der Waals surface area contributed by atoms with Crippen LogP contribution in [0.1, 0.15) is 45.1 Å². The van der Waals surface area contributed by atoms with Crippen molar-refractivity contribution in [2.45, 2.75) is 52.0 Å². The number of aromatic nitrogens is 2. The van der Waals surface area contributed by atoms with E-state index < -0.39 is 10.0 Å². The van der Waals surface area contributed by atoms with Gasteiger partial charge in [-0.2, -0.15) is 0 Å². The topological polar surface area (TPSA) is 95.2 Å². The minimum absolute atomic E-state index is 0.120. The lowest BCUT2D eigenvalue weighted by Gasteiger charge is -2.18. The summed E-state index contributed by atoms with van der Waals surface area (Å²) in [4.78, 5) is 21.2. The number of anilines is 2. The fraction of sp³-hybridized carbons (Fsp3) is 0.391. The van der Waals surface area contributed by atoms with Crippen molar-refractivity contribution >= 4 is 39.0 Å². The molecule has 1 fully saturated rings. The number of carbonyl (C=O) groups excluding carboxylic acids is 1. The molecule has 0 radical (unpaired) electrons. The van der Waals surface area contributed by atoms with E-state index in [0.29, 0.717) is 24.3 Å². The van der Waals surface area contributed by atoms with Gasteiger partial charge < -0.3 is 4.98 Å². The number of aryl methyl sites for hydroxylation is 1. The Balaban J connectivity index is 1.74. The summed E-state index contributed by atoms with van der Waals surface area (Å²) in [6.07, 6.45) is 6.83. The Morgan fingerprint density at radius 3 is 2.71 bits per heavy atom. The Bertz CT molecular complexity index is 1200. The van der Waals surface area contributed by atoms with Gasteiger partial charge in [-0.15, -0.1) is 0 Å². The van der Waals surface area contributed by atoms with Crippen molar-refractivity contribution in [1.82, 2.24) is 9.97 Å². The van der Waals surface area contributed by atoms with E-state index in [1.165, 1.54) is 0 Å². The number of sulfonamides is 1. The fourth-order valence-corrected chi connectivity index (χ4v) is 5.09. The largest absolute Gasteiger partial charge is 0.346 e. The van der Waals surface area contributed by atoms with Crippen molar-refractivity contribution < 1.29 is 13.2 Å². The van der Waals surface area contributed by atoms with Gasteiger partial charge in [-0.25, -0.2) is 13.4 Å². The molecule has 2 heterocycles. The maximum absolute atomic E-state index is 12.4. The fourth-order valence-electron chi connectivity index (χ4n) is 3.78. The summed E-state index contributed by atoms with van der Waals surface area (Å²) in [6.45, 7) is 3.98. The van der Waals surface area contributed by atoms with Gasteiger partial charge in [0.05, 0.1) is 11.4 Å². The summed E-state index contributed by atoms with van der Waals surface area (Å²) >= 11 is 0. The van der Waals surface area contributed by atoms with E-state index in [4.69, 9.17) is 0 Å². The molecule has 0 saturated heterocycles. The Morgan fingerprint density at radius 1 is 1.23 bits per heavy atom. The second kappa shape index (κ2) is 8.70. The van der Waals surface area contributed by atoms with Crippen LogP contribution in [0.15, 0.2) is 36.5 Å². The van der Waals surface area contributed by atoms with Crippen LogP contribution >= 0.6 is 0 Å². The predicted octanol–water partition coefficient (Wildman–Crippen LogP) is 4.46. The number of carbonyl (C=O) groups is 1. The summed E-state index contributed by atoms with van der Waals surface area (Å²) in [5.41, 5.74) is 4.19. The maximum Gasteiger partial charge on any atom is 0.232 e. The minimum atomic E-state index is -3.37. The monoisotopic (exact) mass is 440 g/mol. The molecule has 1 aromatic carbocycles. The molecule has 1 aliphatic rings. The van der Waals surface area contributed by atoms with E-state index in [1.807, 2.05) is 50.4 Å². The third-order valence-corrected chi connectivity index (χ3v) is 7.02. The van der Waals surface area contributed by atoms with Gasteiger partial charge in [0.1, 0.15) is 11.5 Å². The van der Waals surface area contributed by atoms with Gasteiger partial charge in [0.15, 0.2) is 0 Å². The molecule has 2 aromatic heterocycles. The average Bonchev–Trinajstić information content (AvgIpc) is 3.48. The number of fused-ring (bicyclic) bond motifs is 1. The summed E-state index contributed by atoms with van der Waals surface area (Å²) in [7, 11) is -3.37. The Morgan fingerprint density at radius 2 is 2.03 bits per heavy atom. The molecule has 31 heavy (non-hydrogen) atoms. The number of benzene rings is 1. The van der Waals surface area contributed by atoms with Crippen molar-refractivity contribution in [3.63, 3.8) is 0 Å². The molecule has 3 aromatic rings. The second-order valence-electron chi connectivity index (χ2n) is 8.01. The highest BCUT2D eigenvalue weighted by atomic mass is 32.2. The maximum atomic E-state index is 12.4. The number of nitrogens with one attached hydrogen (secondary N) is 2. The number of hydrogen-bond acceptors (Lipinski definition) is 4. The van der Waals surface area contributed by atoms with Crippen LogP contribution in [0.4, 0.5) is 11.5 Å². The van der Waals surface area contributed by atoms with Crippen LogP contribution < -0.4 is 9.62 Å². The molecule has 164 valence electrons. The molecular weight excluding hydrogens is 412 g/mol. The van der Waals surface area contributed by atoms with Gasteiger partial charge in [-0.05, 0) is 66.6 Å². The van der Waals surface area contributed by atoms with Gasteiger partial charge in [0, 0.05) is 17.6 Å². The molecule has 0 atom stereocenters. The standard InChI is InChI=1S/C23H28N4O3S/c1-3-5-12-31(29,30)26-21-9-6-17(13-16(21)4-2)20-14-22(27(15-28)18-7-8-18)25-23-19(20)10-11-24-23/h6,9-11,13-15,18,26H,3-5,7-8,12H2,1-2H3,(H,24,25). The smallest absolute Gasteiger partial charge is 0.232 e. The third-order valence-electron chi connectivity index (χ3n) is 5.66. The number of rotatable bonds is 10. The lowest BCUT2D eigenvalue weighted by molar-refractivity contribution is -0.107. The van der Waals surface area contributed by atoms with Crippen LogP contribution in [0.2, 0.25) is 0 Å². The Labute approximate surface area is 182 Å². The van der Waals surface area contributed by atoms with Crippen LogP contribution in [0, 0.1) is 0 Å². The molecule has 1 amide bonds. The van der Waals surface area contributed by atoms with E-state index in [-0.39, 0.29) is 11.8 Å². The van der Waals surface area contributed by atoms with Crippen LogP contribution in [0.3, 0.4) is 0 Å². The normalized spacial score (nSPS) is 14.0. The molecule has 8 heteroatoms. The lowest BCUT2D eigenvalue weighted by Crippen LogP contribution is -2.24. The quantitative estimate of drug-likeness (QED) is 0.455. The van der Waals surface area contributed by atoms with Crippen LogP contribution in [0.5, 0.6) is 0 Å². The highest BCUT2D eigenvalue weighted by Crippen LogP contribution is 2.36. The molecule has 4 rings (SSSR count). The molecule has 1 saturated carbocycles. The van der Waals surface area contributed by atoms with Crippen LogP contribution in [0.25, 0.3) is 22.2 Å². The molecular formula is C23H28N4O3S. The SMILES string of the molecule is CCCCS(=O)(=O)Nc1ccc(-c2cc(N(C=O)C3CC3)nc3[nH]ccc23)cc1CC. The van der Waals surface area contributed by atoms with Crippen molar-refractivity contribution in [2.24, 2.45) is 0 Å². The predicted molar refractivity (Wildman–Crippen MR) is 125 cm³/mol. The second-order valence-corrected chi connectivity index (χ2v) is 9.85. The van der Waals surface area contributed by atoms with E-state index in [9.17, 15) is 13.2 Å². The summed E-state index contributed by atoms with van der Waals surface area (Å²) < 4.78 is 27.5. The van der Waals surface area contributed by atoms with Gasteiger partial charge >= 0.3 is 0 Å². The molecule has 7 nitrogen and oxygen atoms in total. The van der Waals surface area contributed by atoms with Gasteiger partial charge in [0.25, 0.3) is 0 Å².